The molecule has 1 fully saturated rings. The third-order valence-corrected chi connectivity index (χ3v) is 7.08. The quantitative estimate of drug-likeness (QED) is 0.529. The minimum atomic E-state index is -3.81. The van der Waals surface area contributed by atoms with E-state index in [9.17, 15) is 13.2 Å². The van der Waals surface area contributed by atoms with Crippen molar-refractivity contribution in [1.29, 1.82) is 0 Å². The Labute approximate surface area is 206 Å². The molecule has 34 heavy (non-hydrogen) atoms. The van der Waals surface area contributed by atoms with E-state index in [4.69, 9.17) is 21.1 Å². The van der Waals surface area contributed by atoms with E-state index in [0.717, 1.165) is 54.5 Å². The second-order valence-electron chi connectivity index (χ2n) is 8.23. The highest BCUT2D eigenvalue weighted by atomic mass is 35.5. The van der Waals surface area contributed by atoms with Gasteiger partial charge in [-0.1, -0.05) is 42.8 Å². The van der Waals surface area contributed by atoms with Crippen LogP contribution in [0.25, 0.3) is 0 Å². The van der Waals surface area contributed by atoms with Crippen LogP contribution in [0, 0.1) is 0 Å². The van der Waals surface area contributed by atoms with Gasteiger partial charge in [-0.05, 0) is 35.7 Å². The van der Waals surface area contributed by atoms with Crippen LogP contribution in [-0.4, -0.2) is 64.9 Å². The lowest BCUT2D eigenvalue weighted by molar-refractivity contribution is -0.122. The van der Waals surface area contributed by atoms with Crippen molar-refractivity contribution >= 4 is 33.2 Å². The highest BCUT2D eigenvalue weighted by molar-refractivity contribution is 7.92. The molecular formula is C24H32ClN3O5S. The van der Waals surface area contributed by atoms with Crippen molar-refractivity contribution in [2.45, 2.75) is 32.5 Å². The van der Waals surface area contributed by atoms with Crippen molar-refractivity contribution in [3.8, 4) is 5.75 Å². The zero-order valence-corrected chi connectivity index (χ0v) is 21.4. The molecule has 0 aliphatic carbocycles. The van der Waals surface area contributed by atoms with Gasteiger partial charge in [0.05, 0.1) is 32.3 Å². The Kier molecular flexibility index (Phi) is 9.18. The van der Waals surface area contributed by atoms with Gasteiger partial charge in [-0.25, -0.2) is 8.42 Å². The summed E-state index contributed by atoms with van der Waals surface area (Å²) in [7, 11) is -2.37. The second kappa shape index (κ2) is 11.9. The lowest BCUT2D eigenvalue weighted by atomic mass is 10.1. The van der Waals surface area contributed by atoms with E-state index in [1.807, 2.05) is 12.1 Å². The Balaban J connectivity index is 1.75. The third-order valence-electron chi connectivity index (χ3n) is 5.68. The zero-order chi connectivity index (χ0) is 24.7. The number of ether oxygens (including phenoxy) is 2. The summed E-state index contributed by atoms with van der Waals surface area (Å²) >= 11 is 6.13. The van der Waals surface area contributed by atoms with Crippen molar-refractivity contribution in [1.82, 2.24) is 10.2 Å². The van der Waals surface area contributed by atoms with Gasteiger partial charge >= 0.3 is 0 Å². The van der Waals surface area contributed by atoms with Crippen LogP contribution in [0.2, 0.25) is 5.02 Å². The maximum Gasteiger partial charge on any atom is 0.244 e. The van der Waals surface area contributed by atoms with Crippen LogP contribution in [0.1, 0.15) is 24.5 Å². The van der Waals surface area contributed by atoms with Gasteiger partial charge in [-0.2, -0.15) is 0 Å². The number of sulfonamides is 1. The van der Waals surface area contributed by atoms with Crippen LogP contribution in [0.15, 0.2) is 42.5 Å². The van der Waals surface area contributed by atoms with E-state index in [-0.39, 0.29) is 18.7 Å². The summed E-state index contributed by atoms with van der Waals surface area (Å²) in [5.74, 6) is -0.0783. The van der Waals surface area contributed by atoms with Crippen LogP contribution in [-0.2, 0) is 32.6 Å². The molecule has 0 spiro atoms. The van der Waals surface area contributed by atoms with Gasteiger partial charge in [0.1, 0.15) is 11.8 Å². The van der Waals surface area contributed by atoms with Crippen LogP contribution in [0.5, 0.6) is 5.75 Å². The van der Waals surface area contributed by atoms with E-state index in [2.05, 4.69) is 22.3 Å². The van der Waals surface area contributed by atoms with Crippen molar-refractivity contribution in [2.75, 3.05) is 44.0 Å². The SMILES string of the molecule is CCC(C(=O)NCc1cccc(CN2CCOCC2)c1)N(c1cc(Cl)ccc1OC)S(C)(=O)=O. The molecule has 8 nitrogen and oxygen atoms in total. The number of carbonyl (C=O) groups excluding carboxylic acids is 1. The Morgan fingerprint density at radius 2 is 1.91 bits per heavy atom. The van der Waals surface area contributed by atoms with Crippen molar-refractivity contribution in [2.24, 2.45) is 0 Å². The normalized spacial score (nSPS) is 15.5. The molecule has 1 aliphatic heterocycles. The van der Waals surface area contributed by atoms with Crippen molar-refractivity contribution in [3.63, 3.8) is 0 Å². The summed E-state index contributed by atoms with van der Waals surface area (Å²) in [5, 5.41) is 3.25. The van der Waals surface area contributed by atoms with Gasteiger partial charge in [0.2, 0.25) is 15.9 Å². The Morgan fingerprint density at radius 1 is 1.21 bits per heavy atom. The number of amides is 1. The first-order valence-corrected chi connectivity index (χ1v) is 13.4. The van der Waals surface area contributed by atoms with Crippen molar-refractivity contribution in [3.05, 3.63) is 58.6 Å². The molecule has 1 unspecified atom stereocenters. The maximum absolute atomic E-state index is 13.2. The Hall–Kier alpha value is -2.33. The molecule has 0 bridgehead atoms. The average Bonchev–Trinajstić information content (AvgIpc) is 2.81. The van der Waals surface area contributed by atoms with Crippen LogP contribution >= 0.6 is 11.6 Å². The molecule has 1 N–H and O–H groups in total. The minimum Gasteiger partial charge on any atom is -0.495 e. The lowest BCUT2D eigenvalue weighted by Crippen LogP contribution is -2.49. The molecule has 186 valence electrons. The number of morpholine rings is 1. The summed E-state index contributed by atoms with van der Waals surface area (Å²) in [5.41, 5.74) is 2.33. The highest BCUT2D eigenvalue weighted by Gasteiger charge is 2.33. The number of anilines is 1. The molecule has 0 aromatic heterocycles. The van der Waals surface area contributed by atoms with E-state index < -0.39 is 22.0 Å². The molecule has 1 heterocycles. The average molecular weight is 510 g/mol. The standard InChI is InChI=1S/C24H32ClN3O5S/c1-4-21(28(34(3,30)31)22-15-20(25)8-9-23(22)32-2)24(29)26-16-18-6-5-7-19(14-18)17-27-10-12-33-13-11-27/h5-9,14-15,21H,4,10-13,16-17H2,1-3H3,(H,26,29). The topological polar surface area (TPSA) is 88.2 Å². The second-order valence-corrected chi connectivity index (χ2v) is 10.5. The number of hydrogen-bond acceptors (Lipinski definition) is 6. The molecule has 1 atom stereocenters. The number of halogens is 1. The number of nitrogens with one attached hydrogen (secondary N) is 1. The Bertz CT molecular complexity index is 1090. The fraction of sp³-hybridized carbons (Fsp3) is 0.458. The molecule has 1 aliphatic rings. The first-order chi connectivity index (χ1) is 16.2. The number of methoxy groups -OCH3 is 1. The molecule has 1 saturated heterocycles. The third kappa shape index (κ3) is 6.85. The van der Waals surface area contributed by atoms with Gasteiger partial charge in [-0.3, -0.25) is 14.0 Å². The lowest BCUT2D eigenvalue weighted by Gasteiger charge is -2.31. The summed E-state index contributed by atoms with van der Waals surface area (Å²) in [6.07, 6.45) is 1.34. The van der Waals surface area contributed by atoms with Gasteiger partial charge in [0.25, 0.3) is 0 Å². The van der Waals surface area contributed by atoms with E-state index in [1.54, 1.807) is 19.1 Å². The van der Waals surface area contributed by atoms with E-state index in [1.165, 1.54) is 13.2 Å². The van der Waals surface area contributed by atoms with Crippen LogP contribution in [0.3, 0.4) is 0 Å². The van der Waals surface area contributed by atoms with Crippen LogP contribution in [0.4, 0.5) is 5.69 Å². The van der Waals surface area contributed by atoms with E-state index >= 15 is 0 Å². The zero-order valence-electron chi connectivity index (χ0n) is 19.8. The largest absolute Gasteiger partial charge is 0.495 e. The number of rotatable bonds is 10. The summed E-state index contributed by atoms with van der Waals surface area (Å²) in [4.78, 5) is 15.5. The fourth-order valence-corrected chi connectivity index (χ4v) is 5.41. The molecule has 1 amide bonds. The summed E-state index contributed by atoms with van der Waals surface area (Å²) < 4.78 is 37.4. The summed E-state index contributed by atoms with van der Waals surface area (Å²) in [6, 6.07) is 11.8. The number of nitrogens with zero attached hydrogens (tertiary/aromatic N) is 2. The first-order valence-electron chi connectivity index (χ1n) is 11.2. The maximum atomic E-state index is 13.2. The number of benzene rings is 2. The predicted molar refractivity (Wildman–Crippen MR) is 134 cm³/mol. The van der Waals surface area contributed by atoms with Gasteiger partial charge in [0.15, 0.2) is 0 Å². The highest BCUT2D eigenvalue weighted by Crippen LogP contribution is 2.34. The smallest absolute Gasteiger partial charge is 0.244 e. The van der Waals surface area contributed by atoms with Crippen molar-refractivity contribution < 1.29 is 22.7 Å². The van der Waals surface area contributed by atoms with E-state index in [0.29, 0.717) is 10.8 Å². The van der Waals surface area contributed by atoms with Gasteiger partial charge < -0.3 is 14.8 Å². The van der Waals surface area contributed by atoms with Crippen LogP contribution < -0.4 is 14.4 Å². The molecule has 0 saturated carbocycles. The molecule has 0 radical (unpaired) electrons. The summed E-state index contributed by atoms with van der Waals surface area (Å²) in [6.45, 7) is 6.14. The molecular weight excluding hydrogens is 478 g/mol. The van der Waals surface area contributed by atoms with Gasteiger partial charge in [-0.15, -0.1) is 0 Å². The molecule has 10 heteroatoms. The number of hydrogen-bond donors (Lipinski definition) is 1. The first kappa shape index (κ1) is 26.3. The minimum absolute atomic E-state index is 0.229. The molecule has 2 aromatic carbocycles. The van der Waals surface area contributed by atoms with Gasteiger partial charge in [0, 0.05) is 31.2 Å². The molecule has 3 rings (SSSR count). The molecule has 2 aromatic rings. The Morgan fingerprint density at radius 3 is 2.56 bits per heavy atom. The predicted octanol–water partition coefficient (Wildman–Crippen LogP) is 3.04. The fourth-order valence-electron chi connectivity index (χ4n) is 4.03. The number of carbonyl (C=O) groups is 1. The monoisotopic (exact) mass is 509 g/mol.